The van der Waals surface area contributed by atoms with Gasteiger partial charge in [-0.05, 0) is 18.9 Å². The lowest BCUT2D eigenvalue weighted by atomic mass is 9.95. The summed E-state index contributed by atoms with van der Waals surface area (Å²) in [4.78, 5) is 20.5. The van der Waals surface area contributed by atoms with Crippen LogP contribution in [0, 0.1) is 26.1 Å². The molecule has 0 spiro atoms. The zero-order valence-corrected chi connectivity index (χ0v) is 12.5. The summed E-state index contributed by atoms with van der Waals surface area (Å²) in [5.41, 5.74) is -0.0182. The number of nitrogens with zero attached hydrogens (tertiary/aromatic N) is 2. The van der Waals surface area contributed by atoms with E-state index in [9.17, 15) is 20.2 Å². The van der Waals surface area contributed by atoms with E-state index >= 15 is 0 Å². The smallest absolute Gasteiger partial charge is 0.280 e. The highest BCUT2D eigenvalue weighted by atomic mass is 16.6. The lowest BCUT2D eigenvalue weighted by Gasteiger charge is -2.22. The van der Waals surface area contributed by atoms with Crippen LogP contribution in [0.2, 0.25) is 0 Å². The maximum Gasteiger partial charge on any atom is 0.280 e. The third-order valence-corrected chi connectivity index (χ3v) is 3.85. The summed E-state index contributed by atoms with van der Waals surface area (Å²) < 4.78 is 0. The largest absolute Gasteiger partial charge is 0.310 e. The molecule has 7 heteroatoms. The molecule has 0 saturated heterocycles. The fourth-order valence-electron chi connectivity index (χ4n) is 2.42. The molecule has 0 aromatic heterocycles. The van der Waals surface area contributed by atoms with Gasteiger partial charge in [0, 0.05) is 24.2 Å². The first-order valence-corrected chi connectivity index (χ1v) is 7.05. The number of benzene rings is 1. The van der Waals surface area contributed by atoms with Gasteiger partial charge in [0.05, 0.1) is 15.9 Å². The third-order valence-electron chi connectivity index (χ3n) is 3.85. The van der Waals surface area contributed by atoms with Gasteiger partial charge < -0.3 is 5.32 Å². The van der Waals surface area contributed by atoms with Crippen LogP contribution >= 0.6 is 0 Å². The van der Waals surface area contributed by atoms with Gasteiger partial charge in [-0.3, -0.25) is 20.2 Å². The number of nitrogens with one attached hydrogen (secondary N) is 1. The van der Waals surface area contributed by atoms with Crippen LogP contribution in [0.4, 0.5) is 11.4 Å². The predicted octanol–water partition coefficient (Wildman–Crippen LogP) is 3.42. The van der Waals surface area contributed by atoms with Crippen molar-refractivity contribution >= 4 is 11.4 Å². The normalized spacial score (nSPS) is 12.4. The highest BCUT2D eigenvalue weighted by molar-refractivity contribution is 5.49. The SMILES string of the molecule is CCC(CC)C(C)NCc1ccc([N+](=O)[O-])cc1[N+](=O)[O-]. The van der Waals surface area contributed by atoms with Crippen LogP contribution in [0.15, 0.2) is 18.2 Å². The monoisotopic (exact) mass is 295 g/mol. The summed E-state index contributed by atoms with van der Waals surface area (Å²) in [6, 6.07) is 3.99. The summed E-state index contributed by atoms with van der Waals surface area (Å²) in [6.45, 7) is 6.60. The van der Waals surface area contributed by atoms with E-state index in [1.165, 1.54) is 12.1 Å². The van der Waals surface area contributed by atoms with E-state index in [4.69, 9.17) is 0 Å². The van der Waals surface area contributed by atoms with Crippen LogP contribution in [0.3, 0.4) is 0 Å². The van der Waals surface area contributed by atoms with Gasteiger partial charge in [0.25, 0.3) is 11.4 Å². The number of non-ortho nitro benzene ring substituents is 1. The summed E-state index contributed by atoms with van der Waals surface area (Å²) in [5, 5.41) is 25.0. The molecule has 0 aliphatic rings. The van der Waals surface area contributed by atoms with Crippen molar-refractivity contribution in [3.63, 3.8) is 0 Å². The fraction of sp³-hybridized carbons (Fsp3) is 0.571. The first kappa shape index (κ1) is 17.0. The van der Waals surface area contributed by atoms with Crippen molar-refractivity contribution in [3.05, 3.63) is 44.0 Å². The minimum absolute atomic E-state index is 0.214. The van der Waals surface area contributed by atoms with Gasteiger partial charge in [0.2, 0.25) is 0 Å². The lowest BCUT2D eigenvalue weighted by molar-refractivity contribution is -0.394. The molecule has 7 nitrogen and oxygen atoms in total. The van der Waals surface area contributed by atoms with E-state index in [1.807, 2.05) is 0 Å². The number of nitro groups is 2. The maximum absolute atomic E-state index is 11.0. The van der Waals surface area contributed by atoms with Gasteiger partial charge in [0.1, 0.15) is 0 Å². The van der Waals surface area contributed by atoms with E-state index in [-0.39, 0.29) is 17.4 Å². The minimum Gasteiger partial charge on any atom is -0.310 e. The van der Waals surface area contributed by atoms with Gasteiger partial charge >= 0.3 is 0 Å². The standard InChI is InChI=1S/C14H21N3O4/c1-4-11(5-2)10(3)15-9-12-6-7-13(16(18)19)8-14(12)17(20)21/h6-8,10-11,15H,4-5,9H2,1-3H3. The number of nitro benzene ring substituents is 2. The van der Waals surface area contributed by atoms with Gasteiger partial charge in [-0.2, -0.15) is 0 Å². The van der Waals surface area contributed by atoms with Gasteiger partial charge in [-0.15, -0.1) is 0 Å². The lowest BCUT2D eigenvalue weighted by Crippen LogP contribution is -2.32. The van der Waals surface area contributed by atoms with Crippen LogP contribution < -0.4 is 5.32 Å². The topological polar surface area (TPSA) is 98.3 Å². The second-order valence-electron chi connectivity index (χ2n) is 5.07. The molecule has 0 amide bonds. The van der Waals surface area contributed by atoms with Crippen molar-refractivity contribution in [3.8, 4) is 0 Å². The Labute approximate surface area is 123 Å². The average molecular weight is 295 g/mol. The van der Waals surface area contributed by atoms with Crippen LogP contribution in [0.1, 0.15) is 39.2 Å². The van der Waals surface area contributed by atoms with E-state index in [0.717, 1.165) is 18.9 Å². The molecule has 1 rings (SSSR count). The average Bonchev–Trinajstić information content (AvgIpc) is 2.45. The van der Waals surface area contributed by atoms with Gasteiger partial charge in [-0.25, -0.2) is 0 Å². The number of hydrogen-bond acceptors (Lipinski definition) is 5. The van der Waals surface area contributed by atoms with Gasteiger partial charge in [-0.1, -0.05) is 26.7 Å². The zero-order valence-electron chi connectivity index (χ0n) is 12.5. The molecule has 1 unspecified atom stereocenters. The molecule has 0 fully saturated rings. The van der Waals surface area contributed by atoms with Crippen LogP contribution in [0.25, 0.3) is 0 Å². The van der Waals surface area contributed by atoms with E-state index < -0.39 is 9.85 Å². The molecule has 0 saturated carbocycles. The summed E-state index contributed by atoms with van der Waals surface area (Å²) >= 11 is 0. The van der Waals surface area contributed by atoms with Crippen molar-refractivity contribution in [2.24, 2.45) is 5.92 Å². The summed E-state index contributed by atoms with van der Waals surface area (Å²) in [7, 11) is 0. The Morgan fingerprint density at radius 1 is 1.14 bits per heavy atom. The second kappa shape index (κ2) is 7.68. The van der Waals surface area contributed by atoms with Crippen molar-refractivity contribution in [2.45, 2.75) is 46.2 Å². The molecule has 0 radical (unpaired) electrons. The van der Waals surface area contributed by atoms with Crippen molar-refractivity contribution < 1.29 is 9.85 Å². The fourth-order valence-corrected chi connectivity index (χ4v) is 2.42. The molecule has 0 aliphatic carbocycles. The van der Waals surface area contributed by atoms with Crippen LogP contribution in [-0.4, -0.2) is 15.9 Å². The molecule has 116 valence electrons. The number of hydrogen-bond donors (Lipinski definition) is 1. The van der Waals surface area contributed by atoms with E-state index in [1.54, 1.807) is 0 Å². The molecule has 1 aromatic rings. The zero-order chi connectivity index (χ0) is 16.0. The summed E-state index contributed by atoms with van der Waals surface area (Å²) in [5.74, 6) is 0.502. The maximum atomic E-state index is 11.0. The van der Waals surface area contributed by atoms with Crippen LogP contribution in [0.5, 0.6) is 0 Å². The van der Waals surface area contributed by atoms with Gasteiger partial charge in [0.15, 0.2) is 0 Å². The third kappa shape index (κ3) is 4.49. The van der Waals surface area contributed by atoms with Crippen molar-refractivity contribution in [2.75, 3.05) is 0 Å². The minimum atomic E-state index is -0.628. The Hall–Kier alpha value is -2.02. The molecule has 21 heavy (non-hydrogen) atoms. The molecule has 1 aromatic carbocycles. The summed E-state index contributed by atoms with van der Waals surface area (Å²) in [6.07, 6.45) is 2.07. The Morgan fingerprint density at radius 3 is 2.24 bits per heavy atom. The molecule has 1 atom stereocenters. The first-order chi connectivity index (χ1) is 9.90. The highest BCUT2D eigenvalue weighted by Gasteiger charge is 2.20. The van der Waals surface area contributed by atoms with Crippen LogP contribution in [-0.2, 0) is 6.54 Å². The molecule has 0 aliphatic heterocycles. The molecule has 0 heterocycles. The molecular weight excluding hydrogens is 274 g/mol. The Bertz CT molecular complexity index is 515. The van der Waals surface area contributed by atoms with E-state index in [0.29, 0.717) is 18.0 Å². The first-order valence-electron chi connectivity index (χ1n) is 7.05. The highest BCUT2D eigenvalue weighted by Crippen LogP contribution is 2.25. The molecule has 1 N–H and O–H groups in total. The Morgan fingerprint density at radius 2 is 1.76 bits per heavy atom. The Balaban J connectivity index is 2.88. The van der Waals surface area contributed by atoms with Crippen molar-refractivity contribution in [1.82, 2.24) is 5.32 Å². The second-order valence-corrected chi connectivity index (χ2v) is 5.07. The molecular formula is C14H21N3O4. The predicted molar refractivity (Wildman–Crippen MR) is 80.1 cm³/mol. The molecule has 0 bridgehead atoms. The van der Waals surface area contributed by atoms with Crippen molar-refractivity contribution in [1.29, 1.82) is 0 Å². The quantitative estimate of drug-likeness (QED) is 0.585. The number of rotatable bonds is 8. The van der Waals surface area contributed by atoms with E-state index in [2.05, 4.69) is 26.1 Å². The Kier molecular flexibility index (Phi) is 6.23.